The molecule has 0 spiro atoms. The van der Waals surface area contributed by atoms with Crippen LogP contribution >= 0.6 is 0 Å². The van der Waals surface area contributed by atoms with Crippen molar-refractivity contribution in [3.05, 3.63) is 180 Å². The molecule has 1 aliphatic carbocycles. The van der Waals surface area contributed by atoms with Crippen molar-refractivity contribution in [1.29, 1.82) is 0 Å². The first-order chi connectivity index (χ1) is 24.3. The number of hydrogen-bond acceptors (Lipinski definition) is 1. The van der Waals surface area contributed by atoms with Gasteiger partial charge in [-0.25, -0.2) is 0 Å². The third kappa shape index (κ3) is 3.96. The van der Waals surface area contributed by atoms with Crippen molar-refractivity contribution < 1.29 is 0 Å². The summed E-state index contributed by atoms with van der Waals surface area (Å²) >= 11 is 0. The van der Waals surface area contributed by atoms with Gasteiger partial charge in [-0.05, 0) is 105 Å². The van der Waals surface area contributed by atoms with Crippen LogP contribution in [0.4, 0.5) is 17.1 Å². The van der Waals surface area contributed by atoms with Crippen LogP contribution in [-0.4, -0.2) is 4.57 Å². The van der Waals surface area contributed by atoms with E-state index in [4.69, 9.17) is 0 Å². The number of nitrogens with zero attached hydrogens (tertiary/aromatic N) is 2. The first-order valence-electron chi connectivity index (χ1n) is 17.7. The summed E-state index contributed by atoms with van der Waals surface area (Å²) in [6, 6.07) is 58.5. The lowest BCUT2D eigenvalue weighted by Crippen LogP contribution is -2.30. The Morgan fingerprint density at radius 3 is 1.64 bits per heavy atom. The van der Waals surface area contributed by atoms with Gasteiger partial charge in [-0.1, -0.05) is 125 Å². The van der Waals surface area contributed by atoms with Gasteiger partial charge < -0.3 is 9.47 Å². The van der Waals surface area contributed by atoms with Gasteiger partial charge in [-0.15, -0.1) is 0 Å². The van der Waals surface area contributed by atoms with Gasteiger partial charge in [0.15, 0.2) is 0 Å². The molecule has 0 saturated carbocycles. The summed E-state index contributed by atoms with van der Waals surface area (Å²) in [4.78, 5) is 2.43. The fourth-order valence-electron chi connectivity index (χ4n) is 9.00. The van der Waals surface area contributed by atoms with Crippen LogP contribution in [0.5, 0.6) is 0 Å². The molecule has 50 heavy (non-hydrogen) atoms. The monoisotopic (exact) mass is 642 g/mol. The summed E-state index contributed by atoms with van der Waals surface area (Å²) in [6.07, 6.45) is 0. The highest BCUT2D eigenvalue weighted by molar-refractivity contribution is 6.12. The van der Waals surface area contributed by atoms with Gasteiger partial charge >= 0.3 is 0 Å². The molecule has 2 heterocycles. The van der Waals surface area contributed by atoms with E-state index in [0.29, 0.717) is 0 Å². The fourth-order valence-corrected chi connectivity index (χ4v) is 9.00. The highest BCUT2D eigenvalue weighted by Crippen LogP contribution is 2.53. The van der Waals surface area contributed by atoms with Crippen LogP contribution in [0.25, 0.3) is 49.7 Å². The van der Waals surface area contributed by atoms with Crippen LogP contribution in [0, 0.1) is 0 Å². The highest BCUT2D eigenvalue weighted by atomic mass is 15.2. The second kappa shape index (κ2) is 10.3. The molecule has 0 N–H and O–H groups in total. The molecule has 10 rings (SSSR count). The molecule has 2 nitrogen and oxygen atoms in total. The molecule has 0 fully saturated rings. The summed E-state index contributed by atoms with van der Waals surface area (Å²) in [5, 5.41) is 2.56. The molecule has 0 unspecified atom stereocenters. The van der Waals surface area contributed by atoms with Crippen molar-refractivity contribution >= 4 is 38.9 Å². The lowest BCUT2D eigenvalue weighted by atomic mass is 9.73. The summed E-state index contributed by atoms with van der Waals surface area (Å²) < 4.78 is 2.45. The Morgan fingerprint density at radius 2 is 0.940 bits per heavy atom. The first kappa shape index (κ1) is 29.1. The Kier molecular flexibility index (Phi) is 6.01. The molecule has 0 saturated heterocycles. The maximum atomic E-state index is 2.46. The zero-order chi connectivity index (χ0) is 33.8. The molecule has 2 aliphatic rings. The second-order valence-electron chi connectivity index (χ2n) is 15.0. The van der Waals surface area contributed by atoms with E-state index in [9.17, 15) is 0 Å². The van der Waals surface area contributed by atoms with Gasteiger partial charge in [-0.2, -0.15) is 0 Å². The van der Waals surface area contributed by atoms with E-state index in [1.165, 1.54) is 89.1 Å². The second-order valence-corrected chi connectivity index (χ2v) is 15.0. The third-order valence-corrected chi connectivity index (χ3v) is 11.6. The van der Waals surface area contributed by atoms with E-state index in [1.807, 2.05) is 0 Å². The van der Waals surface area contributed by atoms with E-state index in [1.54, 1.807) is 0 Å². The smallest absolute Gasteiger partial charge is 0.0544 e. The average molecular weight is 643 g/mol. The van der Waals surface area contributed by atoms with E-state index in [0.717, 1.165) is 0 Å². The standard InChI is InChI=1S/C48H38N2/c1-47(2)39-17-9-8-16-35(39)36-29-38-37-28-32(24-27-43(37)49(46(38)30-42(36)47)33-14-6-5-7-15-33)31-22-25-34(26-23-31)50-44-20-12-10-18-40(44)48(3,4)41-19-11-13-21-45(41)50/h5-30H,1-4H3. The molecule has 240 valence electrons. The minimum atomic E-state index is -0.0735. The number of rotatable bonds is 3. The predicted octanol–water partition coefficient (Wildman–Crippen LogP) is 12.9. The SMILES string of the molecule is CC1(C)c2ccccc2-c2cc3c4cc(-c5ccc(N6c7ccccc7C(C)(C)c7ccccc76)cc5)ccc4n(-c4ccccc4)c3cc21. The number of para-hydroxylation sites is 3. The number of aromatic nitrogens is 1. The van der Waals surface area contributed by atoms with Crippen molar-refractivity contribution in [2.24, 2.45) is 0 Å². The van der Waals surface area contributed by atoms with Crippen molar-refractivity contribution in [2.45, 2.75) is 38.5 Å². The van der Waals surface area contributed by atoms with Crippen LogP contribution in [0.2, 0.25) is 0 Å². The summed E-state index contributed by atoms with van der Waals surface area (Å²) in [5.74, 6) is 0. The summed E-state index contributed by atoms with van der Waals surface area (Å²) in [6.45, 7) is 9.40. The summed E-state index contributed by atoms with van der Waals surface area (Å²) in [7, 11) is 0. The molecule has 2 heteroatoms. The minimum Gasteiger partial charge on any atom is -0.310 e. The number of benzene rings is 7. The molecule has 0 atom stereocenters. The average Bonchev–Trinajstić information content (AvgIpc) is 3.59. The Bertz CT molecular complexity index is 2590. The van der Waals surface area contributed by atoms with Crippen molar-refractivity contribution in [3.63, 3.8) is 0 Å². The lowest BCUT2D eigenvalue weighted by Gasteiger charge is -2.42. The van der Waals surface area contributed by atoms with Gasteiger partial charge in [0.05, 0.1) is 22.4 Å². The van der Waals surface area contributed by atoms with Crippen LogP contribution < -0.4 is 4.90 Å². The molecule has 0 radical (unpaired) electrons. The first-order valence-corrected chi connectivity index (χ1v) is 17.7. The van der Waals surface area contributed by atoms with Crippen LogP contribution in [0.15, 0.2) is 158 Å². The van der Waals surface area contributed by atoms with E-state index >= 15 is 0 Å². The van der Waals surface area contributed by atoms with Crippen molar-refractivity contribution in [2.75, 3.05) is 4.90 Å². The van der Waals surface area contributed by atoms with Gasteiger partial charge in [0.1, 0.15) is 0 Å². The molecule has 1 aliphatic heterocycles. The Balaban J connectivity index is 1.13. The third-order valence-electron chi connectivity index (χ3n) is 11.6. The number of anilines is 3. The van der Waals surface area contributed by atoms with Gasteiger partial charge in [0.2, 0.25) is 0 Å². The van der Waals surface area contributed by atoms with Gasteiger partial charge in [0, 0.05) is 33.0 Å². The van der Waals surface area contributed by atoms with Crippen molar-refractivity contribution in [3.8, 4) is 27.9 Å². The Labute approximate surface area is 293 Å². The molecule has 1 aromatic heterocycles. The fraction of sp³-hybridized carbons (Fsp3) is 0.125. The maximum absolute atomic E-state index is 2.46. The Hall–Kier alpha value is -5.86. The molecular weight excluding hydrogens is 605 g/mol. The lowest BCUT2D eigenvalue weighted by molar-refractivity contribution is 0.632. The zero-order valence-corrected chi connectivity index (χ0v) is 28.9. The molecule has 0 amide bonds. The van der Waals surface area contributed by atoms with Crippen LogP contribution in [0.1, 0.15) is 49.9 Å². The highest BCUT2D eigenvalue weighted by Gasteiger charge is 2.37. The Morgan fingerprint density at radius 1 is 0.380 bits per heavy atom. The molecule has 8 aromatic rings. The van der Waals surface area contributed by atoms with Gasteiger partial charge in [-0.3, -0.25) is 0 Å². The number of hydrogen-bond donors (Lipinski definition) is 0. The topological polar surface area (TPSA) is 8.17 Å². The quantitative estimate of drug-likeness (QED) is 0.186. The maximum Gasteiger partial charge on any atom is 0.0544 e. The largest absolute Gasteiger partial charge is 0.310 e. The number of fused-ring (bicyclic) bond motifs is 8. The normalized spacial score (nSPS) is 15.1. The van der Waals surface area contributed by atoms with Gasteiger partial charge in [0.25, 0.3) is 0 Å². The molecule has 7 aromatic carbocycles. The minimum absolute atomic E-state index is 0.0594. The van der Waals surface area contributed by atoms with Crippen molar-refractivity contribution in [1.82, 2.24) is 4.57 Å². The predicted molar refractivity (Wildman–Crippen MR) is 211 cm³/mol. The molecule has 0 bridgehead atoms. The molecular formula is C48H38N2. The van der Waals surface area contributed by atoms with E-state index in [-0.39, 0.29) is 10.8 Å². The van der Waals surface area contributed by atoms with Crippen LogP contribution in [0.3, 0.4) is 0 Å². The van der Waals surface area contributed by atoms with E-state index in [2.05, 4.69) is 195 Å². The zero-order valence-electron chi connectivity index (χ0n) is 28.9. The van der Waals surface area contributed by atoms with Crippen LogP contribution in [-0.2, 0) is 10.8 Å². The summed E-state index contributed by atoms with van der Waals surface area (Å²) in [5.41, 5.74) is 17.8. The van der Waals surface area contributed by atoms with E-state index < -0.39 is 0 Å².